The van der Waals surface area contributed by atoms with Crippen LogP contribution in [0.25, 0.3) is 6.08 Å². The molecule has 0 spiro atoms. The van der Waals surface area contributed by atoms with Crippen molar-refractivity contribution in [3.05, 3.63) is 232 Å². The first-order valence-corrected chi connectivity index (χ1v) is 50.4. The normalized spacial score (nSPS) is 12.0. The number of hydrogen-bond donors (Lipinski definition) is 3. The van der Waals surface area contributed by atoms with Crippen molar-refractivity contribution in [3.63, 3.8) is 0 Å². The Morgan fingerprint density at radius 3 is 1.09 bits per heavy atom. The minimum Gasteiger partial charge on any atom is -0.543 e. The lowest BCUT2D eigenvalue weighted by Crippen LogP contribution is -2.43. The maximum atomic E-state index is 12.5. The quantitative estimate of drug-likeness (QED) is 0.00747. The number of phenolic OH excluding ortho intramolecular Hbond substituents is 3. The van der Waals surface area contributed by atoms with Crippen LogP contribution in [-0.2, 0) is 64.4 Å². The molecule has 0 unspecified atom stereocenters. The number of aromatic hydroxyl groups is 3. The van der Waals surface area contributed by atoms with Gasteiger partial charge in [0.2, 0.25) is 45.1 Å². The largest absolute Gasteiger partial charge is 0.543 e. The molecule has 3 N–H and O–H groups in total. The molecule has 632 valence electrons. The SMILES string of the molecule is CC(C)(C)[Si](C)(C)Oc1ccc(O)c(C=O)c1.CC(C)(C)[Si](C)(C)Oc1ccc(OCc2ccccc2)c(C=O)c1.CCOC(=O)C(=Cc1cc(O[Si](C)(C)C(C)(C)C)ccc1OCc1ccccc1)OC(C)=O.CCOC(=O)[C@@H](Cc1cc(O[Si](C)(C)C(C)(C)C)ccc1OCc1ccccc1)OC(C)=O.O=Cc1cc(O)ccc1O. The van der Waals surface area contributed by atoms with Gasteiger partial charge in [-0.25, -0.2) is 9.59 Å². The van der Waals surface area contributed by atoms with Crippen molar-refractivity contribution in [1.82, 2.24) is 0 Å². The summed E-state index contributed by atoms with van der Waals surface area (Å²) in [4.78, 5) is 80.3. The maximum Gasteiger partial charge on any atom is 0.374 e. The topological polar surface area (TPSA) is 282 Å². The fraction of sp³-hybridized carbons (Fsp3) is 0.380. The van der Waals surface area contributed by atoms with Crippen LogP contribution in [0.2, 0.25) is 72.5 Å². The van der Waals surface area contributed by atoms with Gasteiger partial charge in [-0.15, -0.1) is 0 Å². The van der Waals surface area contributed by atoms with Crippen LogP contribution in [0.3, 0.4) is 0 Å². The number of carbonyl (C=O) groups is 7. The van der Waals surface area contributed by atoms with E-state index in [1.54, 1.807) is 44.2 Å². The standard InChI is InChI=1S/C26H36O6Si.C26H34O6Si.C20H26O3Si.C13H20O3Si.C7H6O3/c2*1-8-29-25(28)24(31-19(2)27)17-21-16-22(32-33(6,7)26(3,4)5)14-15-23(21)30-18-20-12-10-9-11-13-20;1-20(2,3)24(4,5)23-18-11-12-19(17(13-18)14-21)22-15-16-9-7-6-8-10-16;1-13(2,3)17(4,5)16-11-6-7-12(15)10(8-11)9-14;8-4-5-3-6(9)1-2-7(5)10/h9-16,24H,8,17-18H2,1-7H3;9-17H,8,18H2,1-7H3;6-14H,15H2,1-5H3;6-9,15H,1-5H3;1-4,9-10H/t24-;;;;/m1..../s1. The van der Waals surface area contributed by atoms with Crippen molar-refractivity contribution in [3.8, 4) is 57.5 Å². The zero-order valence-electron chi connectivity index (χ0n) is 72.6. The zero-order chi connectivity index (χ0) is 87.9. The summed E-state index contributed by atoms with van der Waals surface area (Å²) in [5.74, 6) is 1.61. The van der Waals surface area contributed by atoms with Crippen LogP contribution in [-0.4, -0.2) is 111 Å². The van der Waals surface area contributed by atoms with Gasteiger partial charge in [-0.3, -0.25) is 24.0 Å². The summed E-state index contributed by atoms with van der Waals surface area (Å²) >= 11 is 0. The number of phenols is 3. The fourth-order valence-electron chi connectivity index (χ4n) is 9.33. The molecule has 0 aliphatic carbocycles. The van der Waals surface area contributed by atoms with E-state index in [9.17, 15) is 38.7 Å². The number of rotatable bonds is 29. The van der Waals surface area contributed by atoms with Gasteiger partial charge >= 0.3 is 23.9 Å². The van der Waals surface area contributed by atoms with Crippen LogP contribution in [0.1, 0.15) is 170 Å². The molecule has 1 atom stereocenters. The van der Waals surface area contributed by atoms with Gasteiger partial charge in [0, 0.05) is 31.4 Å². The van der Waals surface area contributed by atoms with Gasteiger partial charge in [0.15, 0.2) is 18.9 Å². The molecule has 0 aliphatic rings. The minimum atomic E-state index is -2.10. The van der Waals surface area contributed by atoms with Gasteiger partial charge in [0.05, 0.1) is 29.9 Å². The summed E-state index contributed by atoms with van der Waals surface area (Å²) in [6.45, 7) is 50.8. The van der Waals surface area contributed by atoms with E-state index in [-0.39, 0.29) is 73.9 Å². The third-order valence-corrected chi connectivity index (χ3v) is 37.5. The van der Waals surface area contributed by atoms with Crippen LogP contribution in [0.5, 0.6) is 57.5 Å². The minimum absolute atomic E-state index is 0.0115. The van der Waals surface area contributed by atoms with Crippen molar-refractivity contribution >= 4 is 82.1 Å². The van der Waals surface area contributed by atoms with E-state index < -0.39 is 63.3 Å². The highest BCUT2D eigenvalue weighted by Crippen LogP contribution is 2.43. The highest BCUT2D eigenvalue weighted by atomic mass is 28.4. The second-order valence-electron chi connectivity index (χ2n) is 33.6. The molecule has 0 radical (unpaired) electrons. The van der Waals surface area contributed by atoms with E-state index in [1.807, 2.05) is 127 Å². The monoisotopic (exact) mass is 1670 g/mol. The van der Waals surface area contributed by atoms with Gasteiger partial charge in [-0.1, -0.05) is 174 Å². The predicted octanol–water partition coefficient (Wildman–Crippen LogP) is 21.8. The van der Waals surface area contributed by atoms with E-state index >= 15 is 0 Å². The summed E-state index contributed by atoms with van der Waals surface area (Å²) in [6.07, 6.45) is 2.45. The third kappa shape index (κ3) is 32.7. The number of aldehydes is 3. The summed E-state index contributed by atoms with van der Waals surface area (Å²) in [5, 5.41) is 27.4. The first kappa shape index (κ1) is 98.6. The molecular weight excluding hydrogens is 1550 g/mol. The highest BCUT2D eigenvalue weighted by Gasteiger charge is 2.42. The van der Waals surface area contributed by atoms with Crippen LogP contribution in [0, 0.1) is 0 Å². The Balaban J connectivity index is 0.000000322. The molecule has 25 heteroatoms. The Bertz CT molecular complexity index is 4570. The van der Waals surface area contributed by atoms with Gasteiger partial charge in [-0.2, -0.15) is 0 Å². The van der Waals surface area contributed by atoms with Crippen LogP contribution < -0.4 is 31.9 Å². The van der Waals surface area contributed by atoms with Crippen LogP contribution in [0.15, 0.2) is 188 Å². The second kappa shape index (κ2) is 44.5. The van der Waals surface area contributed by atoms with Crippen molar-refractivity contribution in [2.24, 2.45) is 0 Å². The smallest absolute Gasteiger partial charge is 0.374 e. The Morgan fingerprint density at radius 2 is 0.726 bits per heavy atom. The Hall–Kier alpha value is -10.7. The Labute approximate surface area is 696 Å². The number of hydrogen-bond acceptors (Lipinski definition) is 21. The zero-order valence-corrected chi connectivity index (χ0v) is 76.6. The lowest BCUT2D eigenvalue weighted by molar-refractivity contribution is -0.166. The molecule has 0 saturated heterocycles. The van der Waals surface area contributed by atoms with Crippen molar-refractivity contribution in [2.45, 2.75) is 216 Å². The van der Waals surface area contributed by atoms with Gasteiger partial charge in [-0.05, 0) is 200 Å². The lowest BCUT2D eigenvalue weighted by Gasteiger charge is -2.36. The average molecular weight is 1680 g/mol. The summed E-state index contributed by atoms with van der Waals surface area (Å²) in [5.41, 5.74) is 5.22. The molecule has 0 aliphatic heterocycles. The van der Waals surface area contributed by atoms with Crippen molar-refractivity contribution in [1.29, 1.82) is 0 Å². The molecule has 117 heavy (non-hydrogen) atoms. The summed E-state index contributed by atoms with van der Waals surface area (Å²) < 4.78 is 63.7. The predicted molar refractivity (Wildman–Crippen MR) is 469 cm³/mol. The molecule has 0 heterocycles. The molecule has 8 aromatic rings. The molecule has 8 rings (SSSR count). The molecule has 0 aromatic heterocycles. The maximum absolute atomic E-state index is 12.5. The van der Waals surface area contributed by atoms with Crippen LogP contribution in [0.4, 0.5) is 0 Å². The average Bonchev–Trinajstić information content (AvgIpc) is 0.815. The lowest BCUT2D eigenvalue weighted by atomic mass is 10.1. The second-order valence-corrected chi connectivity index (χ2v) is 52.5. The summed E-state index contributed by atoms with van der Waals surface area (Å²) in [6, 6.07) is 54.5. The third-order valence-electron chi connectivity index (χ3n) is 20.1. The first-order valence-electron chi connectivity index (χ1n) is 38.8. The number of carbonyl (C=O) groups excluding carboxylic acids is 7. The Morgan fingerprint density at radius 1 is 0.393 bits per heavy atom. The van der Waals surface area contributed by atoms with Gasteiger partial charge in [0.25, 0.3) is 0 Å². The fourth-order valence-corrected chi connectivity index (χ4v) is 13.4. The number of esters is 4. The van der Waals surface area contributed by atoms with Crippen LogP contribution >= 0.6 is 0 Å². The van der Waals surface area contributed by atoms with E-state index in [2.05, 4.69) is 135 Å². The van der Waals surface area contributed by atoms with Gasteiger partial charge in [0.1, 0.15) is 77.3 Å². The summed E-state index contributed by atoms with van der Waals surface area (Å²) in [7, 11) is -7.99. The molecule has 0 bridgehead atoms. The molecule has 0 fully saturated rings. The van der Waals surface area contributed by atoms with Gasteiger partial charge < -0.3 is 66.2 Å². The van der Waals surface area contributed by atoms with Crippen molar-refractivity contribution in [2.75, 3.05) is 13.2 Å². The van der Waals surface area contributed by atoms with E-state index in [0.717, 1.165) is 28.7 Å². The Kier molecular flexibility index (Phi) is 37.5. The first-order chi connectivity index (χ1) is 54.5. The molecule has 0 amide bonds. The number of benzene rings is 8. The van der Waals surface area contributed by atoms with E-state index in [4.69, 9.17) is 61.1 Å². The van der Waals surface area contributed by atoms with Crippen molar-refractivity contribution < 1.29 is 99.7 Å². The molecule has 8 aromatic carbocycles. The van der Waals surface area contributed by atoms with E-state index in [0.29, 0.717) is 83.6 Å². The number of ether oxygens (including phenoxy) is 7. The molecule has 0 saturated carbocycles. The highest BCUT2D eigenvalue weighted by molar-refractivity contribution is 6.76. The molecular formula is C92H122O21Si4. The molecule has 21 nitrogen and oxygen atoms in total. The van der Waals surface area contributed by atoms with E-state index in [1.165, 1.54) is 44.2 Å².